The number of hydrogen-bond acceptors (Lipinski definition) is 3. The number of rotatable bonds is 4. The summed E-state index contributed by atoms with van der Waals surface area (Å²) < 4.78 is 1.29. The van der Waals surface area contributed by atoms with Gasteiger partial charge in [0.1, 0.15) is 0 Å². The van der Waals surface area contributed by atoms with Gasteiger partial charge in [0.15, 0.2) is 0 Å². The van der Waals surface area contributed by atoms with Crippen molar-refractivity contribution in [3.05, 3.63) is 52.3 Å². The van der Waals surface area contributed by atoms with E-state index in [0.717, 1.165) is 5.56 Å². The number of carboxylic acids is 1. The third-order valence-corrected chi connectivity index (χ3v) is 2.76. The van der Waals surface area contributed by atoms with Crippen LogP contribution in [0.15, 0.2) is 41.2 Å². The highest BCUT2D eigenvalue weighted by atomic mass is 16.4. The third-order valence-electron chi connectivity index (χ3n) is 2.76. The second-order valence-corrected chi connectivity index (χ2v) is 4.11. The number of aliphatic carboxylic acids is 1. The fourth-order valence-electron chi connectivity index (χ4n) is 1.85. The van der Waals surface area contributed by atoms with Crippen LogP contribution in [0, 0.1) is 0 Å². The van der Waals surface area contributed by atoms with Crippen molar-refractivity contribution in [2.75, 3.05) is 0 Å². The predicted molar refractivity (Wildman–Crippen MR) is 70.9 cm³/mol. The first-order chi connectivity index (χ1) is 9.11. The van der Waals surface area contributed by atoms with Crippen LogP contribution in [0.1, 0.15) is 12.5 Å². The van der Waals surface area contributed by atoms with E-state index in [4.69, 9.17) is 5.11 Å². The summed E-state index contributed by atoms with van der Waals surface area (Å²) in [6.45, 7) is 2.21. The Morgan fingerprint density at radius 2 is 2.00 bits per heavy atom. The molecule has 5 heteroatoms. The van der Waals surface area contributed by atoms with Crippen molar-refractivity contribution in [3.8, 4) is 11.3 Å². The van der Waals surface area contributed by atoms with Gasteiger partial charge in [-0.15, -0.1) is 0 Å². The lowest BCUT2D eigenvalue weighted by atomic mass is 10.1. The van der Waals surface area contributed by atoms with Gasteiger partial charge >= 0.3 is 5.97 Å². The number of aromatic nitrogens is 2. The van der Waals surface area contributed by atoms with Crippen LogP contribution < -0.4 is 5.56 Å². The first kappa shape index (κ1) is 13.0. The van der Waals surface area contributed by atoms with Gasteiger partial charge in [-0.25, -0.2) is 4.68 Å². The number of hydrogen-bond donors (Lipinski definition) is 1. The second kappa shape index (κ2) is 5.48. The summed E-state index contributed by atoms with van der Waals surface area (Å²) in [6.07, 6.45) is -0.290. The average Bonchev–Trinajstić information content (AvgIpc) is 2.41. The van der Waals surface area contributed by atoms with Crippen LogP contribution in [0.3, 0.4) is 0 Å². The summed E-state index contributed by atoms with van der Waals surface area (Å²) in [5.41, 5.74) is 1.38. The zero-order chi connectivity index (χ0) is 13.8. The Kier molecular flexibility index (Phi) is 3.75. The minimum atomic E-state index is -1.02. The number of aryl methyl sites for hydroxylation is 1. The van der Waals surface area contributed by atoms with Crippen LogP contribution in [0.4, 0.5) is 0 Å². The normalized spacial score (nSPS) is 10.4. The molecule has 0 spiro atoms. The number of carboxylic acid groups (broad SMARTS) is 1. The molecule has 1 N–H and O–H groups in total. The van der Waals surface area contributed by atoms with Gasteiger partial charge in [-0.05, 0) is 13.0 Å². The Balaban J connectivity index is 2.57. The van der Waals surface area contributed by atoms with E-state index in [-0.39, 0.29) is 17.5 Å². The summed E-state index contributed by atoms with van der Waals surface area (Å²) in [6, 6.07) is 10.9. The monoisotopic (exact) mass is 258 g/mol. The van der Waals surface area contributed by atoms with Gasteiger partial charge < -0.3 is 5.11 Å². The molecule has 0 aliphatic heterocycles. The zero-order valence-electron chi connectivity index (χ0n) is 10.5. The molecule has 0 saturated carbocycles. The molecule has 98 valence electrons. The molecular weight excluding hydrogens is 244 g/mol. The van der Waals surface area contributed by atoms with Crippen LogP contribution >= 0.6 is 0 Å². The Labute approximate surface area is 110 Å². The van der Waals surface area contributed by atoms with E-state index in [2.05, 4.69) is 5.10 Å². The third kappa shape index (κ3) is 2.88. The summed E-state index contributed by atoms with van der Waals surface area (Å²) in [7, 11) is 0. The highest BCUT2D eigenvalue weighted by molar-refractivity contribution is 5.71. The van der Waals surface area contributed by atoms with Gasteiger partial charge in [0.25, 0.3) is 5.56 Å². The highest BCUT2D eigenvalue weighted by Crippen LogP contribution is 2.16. The molecule has 5 nitrogen and oxygen atoms in total. The highest BCUT2D eigenvalue weighted by Gasteiger charge is 2.11. The predicted octanol–water partition coefficient (Wildman–Crippen LogP) is 1.56. The van der Waals surface area contributed by atoms with E-state index in [1.54, 1.807) is 13.0 Å². The van der Waals surface area contributed by atoms with Gasteiger partial charge in [0.05, 0.1) is 12.1 Å². The lowest BCUT2D eigenvalue weighted by molar-refractivity contribution is -0.136. The largest absolute Gasteiger partial charge is 0.481 e. The molecule has 0 radical (unpaired) electrons. The summed E-state index contributed by atoms with van der Waals surface area (Å²) >= 11 is 0. The van der Waals surface area contributed by atoms with E-state index < -0.39 is 5.97 Å². The fourth-order valence-corrected chi connectivity index (χ4v) is 1.85. The first-order valence-electron chi connectivity index (χ1n) is 6.00. The van der Waals surface area contributed by atoms with Crippen molar-refractivity contribution >= 4 is 5.97 Å². The van der Waals surface area contributed by atoms with Gasteiger partial charge in [-0.3, -0.25) is 9.59 Å². The molecule has 0 saturated heterocycles. The van der Waals surface area contributed by atoms with E-state index in [1.165, 1.54) is 4.68 Å². The molecule has 1 aromatic carbocycles. The molecule has 0 amide bonds. The van der Waals surface area contributed by atoms with Crippen molar-refractivity contribution in [1.82, 2.24) is 9.78 Å². The van der Waals surface area contributed by atoms with Crippen LogP contribution in [0.5, 0.6) is 0 Å². The maximum absolute atomic E-state index is 12.0. The van der Waals surface area contributed by atoms with E-state index in [1.807, 2.05) is 30.3 Å². The minimum absolute atomic E-state index is 0.253. The summed E-state index contributed by atoms with van der Waals surface area (Å²) in [5, 5.41) is 13.1. The Hall–Kier alpha value is -2.43. The molecule has 0 atom stereocenters. The molecule has 1 heterocycles. The van der Waals surface area contributed by atoms with Gasteiger partial charge in [0, 0.05) is 17.7 Å². The van der Waals surface area contributed by atoms with Crippen molar-refractivity contribution in [2.45, 2.75) is 19.9 Å². The van der Waals surface area contributed by atoms with Crippen molar-refractivity contribution in [1.29, 1.82) is 0 Å². The van der Waals surface area contributed by atoms with Crippen molar-refractivity contribution < 1.29 is 9.90 Å². The van der Waals surface area contributed by atoms with E-state index in [9.17, 15) is 9.59 Å². The molecular formula is C14H14N2O3. The lowest BCUT2D eigenvalue weighted by Crippen LogP contribution is -2.27. The van der Waals surface area contributed by atoms with Gasteiger partial charge in [-0.1, -0.05) is 30.3 Å². The van der Waals surface area contributed by atoms with Crippen molar-refractivity contribution in [2.24, 2.45) is 0 Å². The van der Waals surface area contributed by atoms with Crippen LogP contribution in [-0.4, -0.2) is 20.9 Å². The maximum Gasteiger partial charge on any atom is 0.308 e. The van der Waals surface area contributed by atoms with Crippen molar-refractivity contribution in [3.63, 3.8) is 0 Å². The quantitative estimate of drug-likeness (QED) is 0.903. The molecule has 0 bridgehead atoms. The molecule has 0 aliphatic carbocycles. The molecule has 19 heavy (non-hydrogen) atoms. The first-order valence-corrected chi connectivity index (χ1v) is 6.00. The fraction of sp³-hybridized carbons (Fsp3) is 0.214. The standard InChI is InChI=1S/C14H14N2O3/c1-2-16-14(19)11(9-13(17)18)8-12(15-16)10-6-4-3-5-7-10/h3-8H,2,9H2,1H3,(H,17,18). The SMILES string of the molecule is CCn1nc(-c2ccccc2)cc(CC(=O)O)c1=O. The topological polar surface area (TPSA) is 72.2 Å². The zero-order valence-corrected chi connectivity index (χ0v) is 10.5. The Morgan fingerprint density at radius 1 is 1.32 bits per heavy atom. The van der Waals surface area contributed by atoms with Gasteiger partial charge in [-0.2, -0.15) is 5.10 Å². The van der Waals surface area contributed by atoms with Crippen LogP contribution in [-0.2, 0) is 17.8 Å². The van der Waals surface area contributed by atoms with Gasteiger partial charge in [0.2, 0.25) is 0 Å². The number of benzene rings is 1. The summed E-state index contributed by atoms with van der Waals surface area (Å²) in [4.78, 5) is 22.8. The second-order valence-electron chi connectivity index (χ2n) is 4.11. The lowest BCUT2D eigenvalue weighted by Gasteiger charge is -2.08. The van der Waals surface area contributed by atoms with Crippen LogP contribution in [0.2, 0.25) is 0 Å². The smallest absolute Gasteiger partial charge is 0.308 e. The minimum Gasteiger partial charge on any atom is -0.481 e. The van der Waals surface area contributed by atoms with Crippen LogP contribution in [0.25, 0.3) is 11.3 Å². The van der Waals surface area contributed by atoms with E-state index >= 15 is 0 Å². The number of carbonyl (C=O) groups is 1. The molecule has 0 unspecified atom stereocenters. The Morgan fingerprint density at radius 3 is 2.58 bits per heavy atom. The molecule has 2 aromatic rings. The van der Waals surface area contributed by atoms with E-state index in [0.29, 0.717) is 12.2 Å². The average molecular weight is 258 g/mol. The molecule has 1 aromatic heterocycles. The Bertz CT molecular complexity index is 647. The molecule has 0 aliphatic rings. The summed E-state index contributed by atoms with van der Waals surface area (Å²) in [5.74, 6) is -1.02. The maximum atomic E-state index is 12.0. The molecule has 2 rings (SSSR count). The molecule has 0 fully saturated rings. The number of nitrogens with zero attached hydrogens (tertiary/aromatic N) is 2.